The maximum absolute atomic E-state index is 12.8. The zero-order valence-electron chi connectivity index (χ0n) is 26.0. The molecule has 1 amide bonds. The van der Waals surface area contributed by atoms with Crippen LogP contribution in [0.15, 0.2) is 0 Å². The summed E-state index contributed by atoms with van der Waals surface area (Å²) < 4.78 is 10.9. The number of hydrogen-bond donors (Lipinski definition) is 8. The second kappa shape index (κ2) is 23.5. The van der Waals surface area contributed by atoms with Gasteiger partial charge in [0.1, 0.15) is 36.6 Å². The quantitative estimate of drug-likeness (QED) is 0.0713. The van der Waals surface area contributed by atoms with E-state index in [2.05, 4.69) is 19.2 Å². The number of rotatable bonds is 25. The Hall–Kier alpha value is -0.890. The largest absolute Gasteiger partial charge is 0.394 e. The van der Waals surface area contributed by atoms with Crippen LogP contribution in [-0.4, -0.2) is 110 Å². The number of aliphatic hydroxyl groups is 7. The highest BCUT2D eigenvalue weighted by Gasteiger charge is 2.44. The summed E-state index contributed by atoms with van der Waals surface area (Å²) in [5, 5.41) is 74.2. The van der Waals surface area contributed by atoms with Crippen LogP contribution in [0.25, 0.3) is 0 Å². The molecule has 9 atom stereocenters. The third-order valence-electron chi connectivity index (χ3n) is 8.16. The Morgan fingerprint density at radius 2 is 1.24 bits per heavy atom. The molecule has 0 bridgehead atoms. The highest BCUT2D eigenvalue weighted by Crippen LogP contribution is 2.23. The number of nitrogens with one attached hydrogen (secondary N) is 1. The van der Waals surface area contributed by atoms with E-state index in [9.17, 15) is 40.5 Å². The third-order valence-corrected chi connectivity index (χ3v) is 8.16. The first-order chi connectivity index (χ1) is 20.2. The van der Waals surface area contributed by atoms with Crippen LogP contribution in [0.5, 0.6) is 0 Å². The van der Waals surface area contributed by atoms with Crippen molar-refractivity contribution in [3.8, 4) is 0 Å². The number of amides is 1. The Bertz CT molecular complexity index is 670. The molecular weight excluding hydrogens is 546 g/mol. The molecule has 0 aliphatic carbocycles. The van der Waals surface area contributed by atoms with Gasteiger partial charge in [0.2, 0.25) is 5.91 Å². The maximum Gasteiger partial charge on any atom is 0.249 e. The van der Waals surface area contributed by atoms with Gasteiger partial charge in [-0.05, 0) is 12.8 Å². The van der Waals surface area contributed by atoms with Crippen LogP contribution in [0, 0.1) is 0 Å². The molecular formula is C31H61NO10. The topological polar surface area (TPSA) is 189 Å². The molecule has 1 saturated heterocycles. The van der Waals surface area contributed by atoms with Crippen molar-refractivity contribution in [1.29, 1.82) is 0 Å². The summed E-state index contributed by atoms with van der Waals surface area (Å²) in [6.45, 7) is 3.22. The lowest BCUT2D eigenvalue weighted by molar-refractivity contribution is -0.303. The first kappa shape index (κ1) is 39.1. The lowest BCUT2D eigenvalue weighted by Gasteiger charge is -2.40. The van der Waals surface area contributed by atoms with Crippen molar-refractivity contribution in [2.24, 2.45) is 0 Å². The van der Waals surface area contributed by atoms with Crippen molar-refractivity contribution in [1.82, 2.24) is 5.32 Å². The van der Waals surface area contributed by atoms with Gasteiger partial charge in [-0.1, -0.05) is 110 Å². The number of aliphatic hydroxyl groups excluding tert-OH is 7. The Morgan fingerprint density at radius 3 is 1.79 bits per heavy atom. The molecule has 250 valence electrons. The van der Waals surface area contributed by atoms with Crippen LogP contribution in [0.1, 0.15) is 123 Å². The molecule has 11 nitrogen and oxygen atoms in total. The molecule has 9 unspecified atom stereocenters. The maximum atomic E-state index is 12.8. The summed E-state index contributed by atoms with van der Waals surface area (Å²) in [6, 6.07) is -1.15. The Balaban J connectivity index is 2.59. The number of carbonyl (C=O) groups excluding carboxylic acids is 1. The number of unbranched alkanes of at least 4 members (excludes halogenated alkanes) is 13. The van der Waals surface area contributed by atoms with Crippen molar-refractivity contribution >= 4 is 5.91 Å². The molecule has 1 rings (SSSR count). The van der Waals surface area contributed by atoms with Crippen LogP contribution in [0.4, 0.5) is 0 Å². The van der Waals surface area contributed by atoms with E-state index >= 15 is 0 Å². The lowest BCUT2D eigenvalue weighted by Crippen LogP contribution is -2.60. The van der Waals surface area contributed by atoms with Gasteiger partial charge >= 0.3 is 0 Å². The second-order valence-electron chi connectivity index (χ2n) is 11.9. The molecule has 0 saturated carbocycles. The predicted octanol–water partition coefficient (Wildman–Crippen LogP) is 2.04. The van der Waals surface area contributed by atoms with Crippen LogP contribution in [-0.2, 0) is 14.3 Å². The standard InChI is InChI=1S/C31H61NO10/c1-3-5-7-9-10-11-12-13-14-15-17-19-24(35)30(40)32-22(26(36)23(34)18-16-8-6-4-2)21-41-31-29(39)28(38)27(37)25(20-33)42-31/h22-29,31,33-39H,3-21H2,1-2H3,(H,32,40). The van der Waals surface area contributed by atoms with Gasteiger partial charge in [0.15, 0.2) is 6.29 Å². The van der Waals surface area contributed by atoms with E-state index in [-0.39, 0.29) is 6.42 Å². The lowest BCUT2D eigenvalue weighted by atomic mass is 9.98. The molecule has 11 heteroatoms. The van der Waals surface area contributed by atoms with E-state index in [1.807, 2.05) is 0 Å². The minimum absolute atomic E-state index is 0.263. The summed E-state index contributed by atoms with van der Waals surface area (Å²) in [4.78, 5) is 12.8. The van der Waals surface area contributed by atoms with Crippen molar-refractivity contribution < 1.29 is 50.0 Å². The number of ether oxygens (including phenoxy) is 2. The fourth-order valence-electron chi connectivity index (χ4n) is 5.26. The van der Waals surface area contributed by atoms with Crippen molar-refractivity contribution in [2.75, 3.05) is 13.2 Å². The molecule has 1 aliphatic heterocycles. The van der Waals surface area contributed by atoms with E-state index in [1.54, 1.807) is 0 Å². The third kappa shape index (κ3) is 15.2. The SMILES string of the molecule is CCCCCCCCCCCCCC(O)C(=O)NC(COC1OC(CO)C(O)C(O)C1O)C(O)C(O)CCCCCC. The minimum atomic E-state index is -1.65. The normalized spacial score (nSPS) is 25.6. The Labute approximate surface area is 252 Å². The van der Waals surface area contributed by atoms with E-state index in [0.29, 0.717) is 19.3 Å². The van der Waals surface area contributed by atoms with Crippen molar-refractivity contribution in [3.63, 3.8) is 0 Å². The zero-order chi connectivity index (χ0) is 31.3. The zero-order valence-corrected chi connectivity index (χ0v) is 26.0. The van der Waals surface area contributed by atoms with Gasteiger partial charge in [-0.3, -0.25) is 4.79 Å². The molecule has 0 spiro atoms. The Morgan fingerprint density at radius 1 is 0.738 bits per heavy atom. The molecule has 0 aromatic heterocycles. The summed E-state index contributed by atoms with van der Waals surface area (Å²) in [5.74, 6) is -0.707. The van der Waals surface area contributed by atoms with E-state index in [1.165, 1.54) is 44.9 Å². The summed E-state index contributed by atoms with van der Waals surface area (Å²) in [6.07, 6.45) is 5.40. The van der Waals surface area contributed by atoms with E-state index < -0.39 is 74.2 Å². The summed E-state index contributed by atoms with van der Waals surface area (Å²) >= 11 is 0. The van der Waals surface area contributed by atoms with Gasteiger partial charge in [0.05, 0.1) is 25.4 Å². The number of carbonyl (C=O) groups is 1. The molecule has 0 aromatic rings. The van der Waals surface area contributed by atoms with Gasteiger partial charge in [-0.2, -0.15) is 0 Å². The van der Waals surface area contributed by atoms with Gasteiger partial charge in [0, 0.05) is 0 Å². The smallest absolute Gasteiger partial charge is 0.249 e. The molecule has 1 aliphatic rings. The average Bonchev–Trinajstić information content (AvgIpc) is 2.99. The first-order valence-electron chi connectivity index (χ1n) is 16.4. The number of hydrogen-bond acceptors (Lipinski definition) is 10. The summed E-state index contributed by atoms with van der Waals surface area (Å²) in [5.41, 5.74) is 0. The van der Waals surface area contributed by atoms with Crippen LogP contribution < -0.4 is 5.32 Å². The van der Waals surface area contributed by atoms with Gasteiger partial charge in [-0.15, -0.1) is 0 Å². The second-order valence-corrected chi connectivity index (χ2v) is 11.9. The molecule has 0 aromatic carbocycles. The van der Waals surface area contributed by atoms with E-state index in [4.69, 9.17) is 9.47 Å². The fraction of sp³-hybridized carbons (Fsp3) is 0.968. The van der Waals surface area contributed by atoms with E-state index in [0.717, 1.165) is 38.5 Å². The van der Waals surface area contributed by atoms with Crippen LogP contribution >= 0.6 is 0 Å². The fourth-order valence-corrected chi connectivity index (χ4v) is 5.26. The van der Waals surface area contributed by atoms with Gasteiger partial charge in [-0.25, -0.2) is 0 Å². The highest BCUT2D eigenvalue weighted by atomic mass is 16.7. The summed E-state index contributed by atoms with van der Waals surface area (Å²) in [7, 11) is 0. The van der Waals surface area contributed by atoms with Gasteiger partial charge in [0.25, 0.3) is 0 Å². The van der Waals surface area contributed by atoms with Gasteiger partial charge < -0.3 is 50.5 Å². The minimum Gasteiger partial charge on any atom is -0.394 e. The van der Waals surface area contributed by atoms with Crippen LogP contribution in [0.3, 0.4) is 0 Å². The highest BCUT2D eigenvalue weighted by molar-refractivity contribution is 5.80. The molecule has 0 radical (unpaired) electrons. The average molecular weight is 608 g/mol. The monoisotopic (exact) mass is 607 g/mol. The molecule has 8 N–H and O–H groups in total. The van der Waals surface area contributed by atoms with Crippen molar-refractivity contribution in [2.45, 2.75) is 178 Å². The first-order valence-corrected chi connectivity index (χ1v) is 16.4. The molecule has 1 heterocycles. The van der Waals surface area contributed by atoms with Crippen LogP contribution in [0.2, 0.25) is 0 Å². The van der Waals surface area contributed by atoms with Crippen molar-refractivity contribution in [3.05, 3.63) is 0 Å². The molecule has 1 fully saturated rings. The Kier molecular flexibility index (Phi) is 21.9. The molecule has 42 heavy (non-hydrogen) atoms. The predicted molar refractivity (Wildman–Crippen MR) is 160 cm³/mol.